The third-order valence-corrected chi connectivity index (χ3v) is 3.82. The summed E-state index contributed by atoms with van der Waals surface area (Å²) in [4.78, 5) is 13.1. The molecule has 0 aliphatic rings. The molecule has 17 heavy (non-hydrogen) atoms. The minimum absolute atomic E-state index is 0.194. The van der Waals surface area contributed by atoms with E-state index < -0.39 is 0 Å². The van der Waals surface area contributed by atoms with Gasteiger partial charge in [-0.25, -0.2) is 0 Å². The first-order valence-corrected chi connectivity index (χ1v) is 6.59. The molecule has 4 heteroatoms. The van der Waals surface area contributed by atoms with E-state index in [-0.39, 0.29) is 5.78 Å². The fourth-order valence-electron chi connectivity index (χ4n) is 1.93. The predicted molar refractivity (Wildman–Crippen MR) is 69.7 cm³/mol. The lowest BCUT2D eigenvalue weighted by Gasteiger charge is -2.02. The monoisotopic (exact) mass is 248 g/mol. The van der Waals surface area contributed by atoms with E-state index in [1.165, 1.54) is 11.3 Å². The fraction of sp³-hybridized carbons (Fsp3) is 0.385. The van der Waals surface area contributed by atoms with Gasteiger partial charge < -0.3 is 0 Å². The highest BCUT2D eigenvalue weighted by Crippen LogP contribution is 2.19. The molecular formula is C13H16N2OS. The summed E-state index contributed by atoms with van der Waals surface area (Å²) in [6, 6.07) is 4.00. The highest BCUT2D eigenvalue weighted by molar-refractivity contribution is 7.12. The minimum atomic E-state index is 0.194. The fourth-order valence-corrected chi connectivity index (χ4v) is 2.87. The van der Waals surface area contributed by atoms with Crippen LogP contribution in [0.15, 0.2) is 17.5 Å². The number of rotatable bonds is 4. The third kappa shape index (κ3) is 2.47. The molecule has 0 radical (unpaired) electrons. The van der Waals surface area contributed by atoms with Gasteiger partial charge in [-0.15, -0.1) is 11.3 Å². The zero-order chi connectivity index (χ0) is 12.4. The molecule has 2 aromatic heterocycles. The molecule has 0 aliphatic carbocycles. The van der Waals surface area contributed by atoms with Crippen molar-refractivity contribution in [2.75, 3.05) is 0 Å². The molecule has 0 aliphatic heterocycles. The van der Waals surface area contributed by atoms with Gasteiger partial charge in [-0.3, -0.25) is 9.48 Å². The number of hydrogen-bond acceptors (Lipinski definition) is 3. The standard InChI is InChI=1S/C13H16N2OS/c1-4-10-5-6-17-13(10)12(16)8-11-7-9(2)14-15(11)3/h5-7H,4,8H2,1-3H3. The molecule has 0 N–H and O–H groups in total. The zero-order valence-electron chi connectivity index (χ0n) is 10.4. The Balaban J connectivity index is 2.20. The Bertz CT molecular complexity index is 539. The molecule has 90 valence electrons. The van der Waals surface area contributed by atoms with Crippen LogP contribution in [0.2, 0.25) is 0 Å². The normalized spacial score (nSPS) is 10.8. The quantitative estimate of drug-likeness (QED) is 0.780. The molecule has 3 nitrogen and oxygen atoms in total. The number of nitrogens with zero attached hydrogens (tertiary/aromatic N) is 2. The summed E-state index contributed by atoms with van der Waals surface area (Å²) in [5.41, 5.74) is 3.08. The van der Waals surface area contributed by atoms with E-state index in [2.05, 4.69) is 12.0 Å². The predicted octanol–water partition coefficient (Wildman–Crippen LogP) is 2.78. The highest BCUT2D eigenvalue weighted by atomic mass is 32.1. The van der Waals surface area contributed by atoms with Gasteiger partial charge in [0.15, 0.2) is 5.78 Å². The Kier molecular flexibility index (Phi) is 3.43. The van der Waals surface area contributed by atoms with Crippen molar-refractivity contribution < 1.29 is 4.79 Å². The first-order valence-electron chi connectivity index (χ1n) is 5.71. The molecule has 0 aromatic carbocycles. The van der Waals surface area contributed by atoms with Crippen LogP contribution in [-0.2, 0) is 19.9 Å². The number of aryl methyl sites for hydroxylation is 3. The zero-order valence-corrected chi connectivity index (χ0v) is 11.2. The molecule has 2 heterocycles. The van der Waals surface area contributed by atoms with Crippen molar-refractivity contribution in [2.45, 2.75) is 26.7 Å². The van der Waals surface area contributed by atoms with Gasteiger partial charge in [0.05, 0.1) is 17.0 Å². The Morgan fingerprint density at radius 2 is 2.29 bits per heavy atom. The van der Waals surface area contributed by atoms with Crippen molar-refractivity contribution in [1.29, 1.82) is 0 Å². The van der Waals surface area contributed by atoms with Crippen molar-refractivity contribution in [2.24, 2.45) is 7.05 Å². The van der Waals surface area contributed by atoms with Crippen LogP contribution in [0.25, 0.3) is 0 Å². The van der Waals surface area contributed by atoms with Crippen molar-refractivity contribution in [3.63, 3.8) is 0 Å². The Morgan fingerprint density at radius 3 is 2.88 bits per heavy atom. The summed E-state index contributed by atoms with van der Waals surface area (Å²) < 4.78 is 1.78. The van der Waals surface area contributed by atoms with Gasteiger partial charge in [0.2, 0.25) is 0 Å². The number of thiophene rings is 1. The molecule has 0 saturated heterocycles. The van der Waals surface area contributed by atoms with Crippen LogP contribution in [-0.4, -0.2) is 15.6 Å². The molecule has 0 amide bonds. The Morgan fingerprint density at radius 1 is 1.53 bits per heavy atom. The van der Waals surface area contributed by atoms with Crippen molar-refractivity contribution >= 4 is 17.1 Å². The lowest BCUT2D eigenvalue weighted by atomic mass is 10.1. The topological polar surface area (TPSA) is 34.9 Å². The summed E-state index contributed by atoms with van der Waals surface area (Å²) in [6.45, 7) is 4.02. The van der Waals surface area contributed by atoms with E-state index in [4.69, 9.17) is 0 Å². The van der Waals surface area contributed by atoms with Gasteiger partial charge in [0.1, 0.15) is 0 Å². The first-order chi connectivity index (χ1) is 8.11. The van der Waals surface area contributed by atoms with Gasteiger partial charge >= 0.3 is 0 Å². The maximum atomic E-state index is 12.2. The van der Waals surface area contributed by atoms with Crippen molar-refractivity contribution in [1.82, 2.24) is 9.78 Å². The number of carbonyl (C=O) groups is 1. The van der Waals surface area contributed by atoms with Crippen LogP contribution in [0.5, 0.6) is 0 Å². The third-order valence-electron chi connectivity index (χ3n) is 2.82. The molecule has 0 spiro atoms. The van der Waals surface area contributed by atoms with Gasteiger partial charge in [0.25, 0.3) is 0 Å². The first kappa shape index (κ1) is 12.0. The van der Waals surface area contributed by atoms with Crippen molar-refractivity contribution in [3.05, 3.63) is 39.3 Å². The van der Waals surface area contributed by atoms with Crippen LogP contribution in [0.3, 0.4) is 0 Å². The van der Waals surface area contributed by atoms with Gasteiger partial charge in [0, 0.05) is 12.7 Å². The van der Waals surface area contributed by atoms with E-state index in [9.17, 15) is 4.79 Å². The van der Waals surface area contributed by atoms with E-state index in [1.807, 2.05) is 31.5 Å². The summed E-state index contributed by atoms with van der Waals surface area (Å²) in [5, 5.41) is 6.24. The summed E-state index contributed by atoms with van der Waals surface area (Å²) in [5.74, 6) is 0.194. The number of carbonyl (C=O) groups excluding carboxylic acids is 1. The maximum Gasteiger partial charge on any atom is 0.178 e. The average Bonchev–Trinajstić information content (AvgIpc) is 2.85. The van der Waals surface area contributed by atoms with Gasteiger partial charge in [-0.05, 0) is 36.4 Å². The highest BCUT2D eigenvalue weighted by Gasteiger charge is 2.14. The molecule has 0 fully saturated rings. The Labute approximate surface area is 105 Å². The lowest BCUT2D eigenvalue weighted by molar-refractivity contribution is 0.0994. The van der Waals surface area contributed by atoms with Crippen molar-refractivity contribution in [3.8, 4) is 0 Å². The van der Waals surface area contributed by atoms with Crippen LogP contribution in [0.4, 0.5) is 0 Å². The van der Waals surface area contributed by atoms with E-state index in [1.54, 1.807) is 4.68 Å². The smallest absolute Gasteiger partial charge is 0.178 e. The number of Topliss-reactive ketones (excluding diaryl/α,β-unsaturated/α-hetero) is 1. The van der Waals surface area contributed by atoms with Crippen LogP contribution in [0, 0.1) is 6.92 Å². The van der Waals surface area contributed by atoms with E-state index >= 15 is 0 Å². The second-order valence-corrected chi connectivity index (χ2v) is 5.05. The molecule has 0 saturated carbocycles. The van der Waals surface area contributed by atoms with Crippen LogP contribution in [0.1, 0.15) is 33.5 Å². The number of ketones is 1. The largest absolute Gasteiger partial charge is 0.293 e. The van der Waals surface area contributed by atoms with Gasteiger partial charge in [-0.2, -0.15) is 5.10 Å². The molecule has 2 aromatic rings. The summed E-state index contributed by atoms with van der Waals surface area (Å²) in [7, 11) is 1.88. The number of aromatic nitrogens is 2. The molecule has 0 unspecified atom stereocenters. The summed E-state index contributed by atoms with van der Waals surface area (Å²) >= 11 is 1.53. The molecule has 0 bridgehead atoms. The molecule has 0 atom stereocenters. The number of hydrogen-bond donors (Lipinski definition) is 0. The molecular weight excluding hydrogens is 232 g/mol. The average molecular weight is 248 g/mol. The molecule has 2 rings (SSSR count). The minimum Gasteiger partial charge on any atom is -0.293 e. The SMILES string of the molecule is CCc1ccsc1C(=O)Cc1cc(C)nn1C. The maximum absolute atomic E-state index is 12.2. The van der Waals surface area contributed by atoms with Crippen LogP contribution >= 0.6 is 11.3 Å². The lowest BCUT2D eigenvalue weighted by Crippen LogP contribution is -2.08. The van der Waals surface area contributed by atoms with E-state index in [0.717, 1.165) is 28.2 Å². The summed E-state index contributed by atoms with van der Waals surface area (Å²) in [6.07, 6.45) is 1.35. The van der Waals surface area contributed by atoms with Gasteiger partial charge in [-0.1, -0.05) is 6.92 Å². The second kappa shape index (κ2) is 4.84. The van der Waals surface area contributed by atoms with E-state index in [0.29, 0.717) is 6.42 Å². The second-order valence-electron chi connectivity index (χ2n) is 4.13. The Hall–Kier alpha value is -1.42. The van der Waals surface area contributed by atoms with Crippen LogP contribution < -0.4 is 0 Å².